The van der Waals surface area contributed by atoms with Crippen molar-refractivity contribution in [1.82, 2.24) is 20.5 Å². The molecule has 2 N–H and O–H groups in total. The zero-order valence-corrected chi connectivity index (χ0v) is 9.70. The lowest BCUT2D eigenvalue weighted by molar-refractivity contribution is 0.548. The van der Waals surface area contributed by atoms with Crippen molar-refractivity contribution in [1.29, 1.82) is 0 Å². The summed E-state index contributed by atoms with van der Waals surface area (Å²) in [5, 5.41) is 10.7. The fourth-order valence-electron chi connectivity index (χ4n) is 1.43. The van der Waals surface area contributed by atoms with E-state index < -0.39 is 0 Å². The quantitative estimate of drug-likeness (QED) is 0.857. The van der Waals surface area contributed by atoms with Crippen LogP contribution in [0.1, 0.15) is 24.4 Å². The third-order valence-corrected chi connectivity index (χ3v) is 2.77. The van der Waals surface area contributed by atoms with Crippen molar-refractivity contribution >= 4 is 11.6 Å². The Hall–Kier alpha value is -1.39. The summed E-state index contributed by atoms with van der Waals surface area (Å²) in [6.07, 6.45) is 1.50. The van der Waals surface area contributed by atoms with Crippen molar-refractivity contribution in [2.45, 2.75) is 19.5 Å². The molecular formula is C11H13ClN4. The normalized spacial score (nSPS) is 12.6. The van der Waals surface area contributed by atoms with Crippen molar-refractivity contribution in [3.05, 3.63) is 47.0 Å². The van der Waals surface area contributed by atoms with Gasteiger partial charge in [-0.25, -0.2) is 4.98 Å². The maximum Gasteiger partial charge on any atom is 0.141 e. The SMILES string of the molecule is CC(NCc1ccccc1Cl)c1ncn[nH]1. The van der Waals surface area contributed by atoms with Crippen LogP contribution in [0.2, 0.25) is 5.02 Å². The van der Waals surface area contributed by atoms with E-state index in [0.29, 0.717) is 6.54 Å². The minimum atomic E-state index is 0.124. The lowest BCUT2D eigenvalue weighted by Crippen LogP contribution is -2.19. The van der Waals surface area contributed by atoms with Gasteiger partial charge >= 0.3 is 0 Å². The van der Waals surface area contributed by atoms with E-state index in [1.54, 1.807) is 0 Å². The molecule has 1 aromatic carbocycles. The molecule has 0 saturated heterocycles. The van der Waals surface area contributed by atoms with Gasteiger partial charge in [0.15, 0.2) is 0 Å². The number of nitrogens with one attached hydrogen (secondary N) is 2. The fourth-order valence-corrected chi connectivity index (χ4v) is 1.63. The van der Waals surface area contributed by atoms with E-state index in [2.05, 4.69) is 20.5 Å². The van der Waals surface area contributed by atoms with Crippen molar-refractivity contribution in [2.75, 3.05) is 0 Å². The predicted octanol–water partition coefficient (Wildman–Crippen LogP) is 2.31. The number of halogens is 1. The molecule has 16 heavy (non-hydrogen) atoms. The van der Waals surface area contributed by atoms with Gasteiger partial charge in [-0.15, -0.1) is 0 Å². The molecule has 0 aliphatic rings. The van der Waals surface area contributed by atoms with Crippen LogP contribution in [0.25, 0.3) is 0 Å². The van der Waals surface area contributed by atoms with Gasteiger partial charge in [-0.3, -0.25) is 5.10 Å². The van der Waals surface area contributed by atoms with Crippen LogP contribution in [0, 0.1) is 0 Å². The average Bonchev–Trinajstić information content (AvgIpc) is 2.81. The topological polar surface area (TPSA) is 53.6 Å². The average molecular weight is 237 g/mol. The maximum absolute atomic E-state index is 6.06. The van der Waals surface area contributed by atoms with Crippen LogP contribution in [0.4, 0.5) is 0 Å². The summed E-state index contributed by atoms with van der Waals surface area (Å²) in [7, 11) is 0. The molecule has 1 atom stereocenters. The highest BCUT2D eigenvalue weighted by Gasteiger charge is 2.08. The van der Waals surface area contributed by atoms with Crippen molar-refractivity contribution in [3.63, 3.8) is 0 Å². The molecule has 1 unspecified atom stereocenters. The Labute approximate surface area is 99.1 Å². The molecule has 0 spiro atoms. The van der Waals surface area contributed by atoms with E-state index >= 15 is 0 Å². The largest absolute Gasteiger partial charge is 0.303 e. The minimum Gasteiger partial charge on any atom is -0.303 e. The third-order valence-electron chi connectivity index (χ3n) is 2.40. The number of aromatic amines is 1. The third kappa shape index (κ3) is 2.59. The Morgan fingerprint density at radius 2 is 2.25 bits per heavy atom. The first-order valence-corrected chi connectivity index (χ1v) is 5.47. The first-order valence-electron chi connectivity index (χ1n) is 5.09. The van der Waals surface area contributed by atoms with Gasteiger partial charge in [0.05, 0.1) is 6.04 Å². The molecule has 5 heteroatoms. The Bertz CT molecular complexity index is 441. The monoisotopic (exact) mass is 236 g/mol. The summed E-state index contributed by atoms with van der Waals surface area (Å²) in [5.74, 6) is 0.826. The van der Waals surface area contributed by atoms with Gasteiger partial charge in [-0.05, 0) is 18.6 Å². The molecule has 0 amide bonds. The molecule has 0 saturated carbocycles. The molecule has 84 valence electrons. The van der Waals surface area contributed by atoms with Gasteiger partial charge < -0.3 is 5.32 Å². The highest BCUT2D eigenvalue weighted by molar-refractivity contribution is 6.31. The predicted molar refractivity (Wildman–Crippen MR) is 63.1 cm³/mol. The van der Waals surface area contributed by atoms with Crippen molar-refractivity contribution < 1.29 is 0 Å². The number of nitrogens with zero attached hydrogens (tertiary/aromatic N) is 2. The van der Waals surface area contributed by atoms with Crippen LogP contribution in [0.15, 0.2) is 30.6 Å². The minimum absolute atomic E-state index is 0.124. The second kappa shape index (κ2) is 5.09. The van der Waals surface area contributed by atoms with Crippen molar-refractivity contribution in [3.8, 4) is 0 Å². The molecule has 0 aliphatic heterocycles. The summed E-state index contributed by atoms with van der Waals surface area (Å²) in [5.41, 5.74) is 1.08. The van der Waals surface area contributed by atoms with Crippen LogP contribution in [0.3, 0.4) is 0 Å². The van der Waals surface area contributed by atoms with Gasteiger partial charge in [0.25, 0.3) is 0 Å². The number of aromatic nitrogens is 3. The maximum atomic E-state index is 6.06. The smallest absolute Gasteiger partial charge is 0.141 e. The number of H-pyrrole nitrogens is 1. The molecule has 0 aliphatic carbocycles. The first kappa shape index (κ1) is 11.1. The number of hydrogen-bond acceptors (Lipinski definition) is 3. The highest BCUT2D eigenvalue weighted by atomic mass is 35.5. The van der Waals surface area contributed by atoms with Crippen LogP contribution in [0.5, 0.6) is 0 Å². The van der Waals surface area contributed by atoms with Crippen LogP contribution in [-0.4, -0.2) is 15.2 Å². The second-order valence-corrected chi connectivity index (χ2v) is 3.97. The van der Waals surface area contributed by atoms with E-state index in [1.165, 1.54) is 6.33 Å². The van der Waals surface area contributed by atoms with E-state index in [4.69, 9.17) is 11.6 Å². The first-order chi connectivity index (χ1) is 7.77. The zero-order chi connectivity index (χ0) is 11.4. The zero-order valence-electron chi connectivity index (χ0n) is 8.94. The lowest BCUT2D eigenvalue weighted by Gasteiger charge is -2.11. The summed E-state index contributed by atoms with van der Waals surface area (Å²) in [4.78, 5) is 4.09. The standard InChI is InChI=1S/C11H13ClN4/c1-8(11-14-7-15-16-11)13-6-9-4-2-3-5-10(9)12/h2-5,7-8,13H,6H2,1H3,(H,14,15,16). The Morgan fingerprint density at radius 1 is 1.44 bits per heavy atom. The van der Waals surface area contributed by atoms with Crippen molar-refractivity contribution in [2.24, 2.45) is 0 Å². The fraction of sp³-hybridized carbons (Fsp3) is 0.273. The second-order valence-electron chi connectivity index (χ2n) is 3.56. The van der Waals surface area contributed by atoms with E-state index in [-0.39, 0.29) is 6.04 Å². The molecule has 0 bridgehead atoms. The number of rotatable bonds is 4. The van der Waals surface area contributed by atoms with Gasteiger partial charge in [0.1, 0.15) is 12.2 Å². The van der Waals surface area contributed by atoms with E-state index in [1.807, 2.05) is 31.2 Å². The molecule has 1 heterocycles. The summed E-state index contributed by atoms with van der Waals surface area (Å²) < 4.78 is 0. The van der Waals surface area contributed by atoms with Crippen LogP contribution < -0.4 is 5.32 Å². The van der Waals surface area contributed by atoms with Gasteiger partial charge in [-0.2, -0.15) is 5.10 Å². The Morgan fingerprint density at radius 3 is 2.94 bits per heavy atom. The van der Waals surface area contributed by atoms with Crippen LogP contribution in [-0.2, 0) is 6.54 Å². The number of hydrogen-bond donors (Lipinski definition) is 2. The molecule has 4 nitrogen and oxygen atoms in total. The molecule has 0 radical (unpaired) electrons. The van der Waals surface area contributed by atoms with Gasteiger partial charge in [0.2, 0.25) is 0 Å². The molecule has 2 rings (SSSR count). The van der Waals surface area contributed by atoms with Crippen LogP contribution >= 0.6 is 11.6 Å². The van der Waals surface area contributed by atoms with Gasteiger partial charge in [0, 0.05) is 11.6 Å². The Kier molecular flexibility index (Phi) is 3.54. The summed E-state index contributed by atoms with van der Waals surface area (Å²) in [6, 6.07) is 7.91. The van der Waals surface area contributed by atoms with Gasteiger partial charge in [-0.1, -0.05) is 29.8 Å². The molecule has 1 aromatic heterocycles. The summed E-state index contributed by atoms with van der Waals surface area (Å²) in [6.45, 7) is 2.74. The number of benzene rings is 1. The highest BCUT2D eigenvalue weighted by Crippen LogP contribution is 2.15. The van der Waals surface area contributed by atoms with E-state index in [9.17, 15) is 0 Å². The van der Waals surface area contributed by atoms with E-state index in [0.717, 1.165) is 16.4 Å². The molecular weight excluding hydrogens is 224 g/mol. The Balaban J connectivity index is 1.95. The lowest BCUT2D eigenvalue weighted by atomic mass is 10.2. The summed E-state index contributed by atoms with van der Waals surface area (Å²) >= 11 is 6.06. The molecule has 0 fully saturated rings. The molecule has 2 aromatic rings.